The van der Waals surface area contributed by atoms with Crippen LogP contribution < -0.4 is 0 Å². The van der Waals surface area contributed by atoms with Crippen LogP contribution in [0.5, 0.6) is 0 Å². The highest BCUT2D eigenvalue weighted by atomic mass is 16.5. The lowest BCUT2D eigenvalue weighted by atomic mass is 9.72. The summed E-state index contributed by atoms with van der Waals surface area (Å²) in [6, 6.07) is 0. The predicted molar refractivity (Wildman–Crippen MR) is 51.8 cm³/mol. The maximum Gasteiger partial charge on any atom is 0.308 e. The predicted octanol–water partition coefficient (Wildman–Crippen LogP) is 1.61. The Morgan fingerprint density at radius 2 is 2.14 bits per heavy atom. The van der Waals surface area contributed by atoms with E-state index < -0.39 is 0 Å². The molecule has 3 nitrogen and oxygen atoms in total. The van der Waals surface area contributed by atoms with Crippen molar-refractivity contribution in [3.8, 4) is 0 Å². The SMILES string of the molecule is COC(=O)C1CCC2CCOCC2C1. The summed E-state index contributed by atoms with van der Waals surface area (Å²) in [5.41, 5.74) is 0. The van der Waals surface area contributed by atoms with Crippen LogP contribution in [0.15, 0.2) is 0 Å². The van der Waals surface area contributed by atoms with E-state index in [9.17, 15) is 4.79 Å². The third-order valence-electron chi connectivity index (χ3n) is 3.64. The maximum atomic E-state index is 11.4. The Morgan fingerprint density at radius 3 is 2.93 bits per heavy atom. The molecule has 2 rings (SSSR count). The first-order chi connectivity index (χ1) is 6.81. The molecule has 1 saturated carbocycles. The van der Waals surface area contributed by atoms with E-state index in [2.05, 4.69) is 0 Å². The second kappa shape index (κ2) is 4.30. The molecule has 0 N–H and O–H groups in total. The summed E-state index contributed by atoms with van der Waals surface area (Å²) in [4.78, 5) is 11.4. The van der Waals surface area contributed by atoms with Gasteiger partial charge >= 0.3 is 5.97 Å². The van der Waals surface area contributed by atoms with Gasteiger partial charge in [-0.3, -0.25) is 4.79 Å². The van der Waals surface area contributed by atoms with Crippen LogP contribution >= 0.6 is 0 Å². The van der Waals surface area contributed by atoms with Gasteiger partial charge in [0.05, 0.1) is 13.0 Å². The fraction of sp³-hybridized carbons (Fsp3) is 0.909. The number of carbonyl (C=O) groups excluding carboxylic acids is 1. The summed E-state index contributed by atoms with van der Waals surface area (Å²) in [7, 11) is 1.48. The van der Waals surface area contributed by atoms with Gasteiger partial charge in [0.1, 0.15) is 0 Å². The number of rotatable bonds is 1. The molecule has 0 radical (unpaired) electrons. The van der Waals surface area contributed by atoms with E-state index in [0.717, 1.165) is 32.0 Å². The summed E-state index contributed by atoms with van der Waals surface area (Å²) in [6.45, 7) is 1.75. The first-order valence-electron chi connectivity index (χ1n) is 5.47. The Morgan fingerprint density at radius 1 is 1.29 bits per heavy atom. The van der Waals surface area contributed by atoms with Crippen molar-refractivity contribution in [2.24, 2.45) is 17.8 Å². The number of esters is 1. The van der Waals surface area contributed by atoms with E-state index in [4.69, 9.17) is 9.47 Å². The molecule has 80 valence electrons. The third kappa shape index (κ3) is 1.92. The molecule has 3 atom stereocenters. The highest BCUT2D eigenvalue weighted by Crippen LogP contribution is 2.38. The zero-order valence-corrected chi connectivity index (χ0v) is 8.70. The van der Waals surface area contributed by atoms with Crippen molar-refractivity contribution < 1.29 is 14.3 Å². The largest absolute Gasteiger partial charge is 0.469 e. The third-order valence-corrected chi connectivity index (χ3v) is 3.64. The van der Waals surface area contributed by atoms with Gasteiger partial charge in [0.15, 0.2) is 0 Å². The Balaban J connectivity index is 1.92. The van der Waals surface area contributed by atoms with E-state index >= 15 is 0 Å². The van der Waals surface area contributed by atoms with Crippen LogP contribution in [-0.2, 0) is 14.3 Å². The molecule has 2 fully saturated rings. The minimum absolute atomic E-state index is 0.0333. The van der Waals surface area contributed by atoms with Crippen molar-refractivity contribution >= 4 is 5.97 Å². The van der Waals surface area contributed by atoms with Crippen molar-refractivity contribution in [2.45, 2.75) is 25.7 Å². The van der Waals surface area contributed by atoms with Gasteiger partial charge in [0, 0.05) is 13.2 Å². The van der Waals surface area contributed by atoms with Crippen LogP contribution in [0.4, 0.5) is 0 Å². The Labute approximate surface area is 84.8 Å². The molecule has 0 aromatic carbocycles. The van der Waals surface area contributed by atoms with Crippen molar-refractivity contribution in [3.05, 3.63) is 0 Å². The highest BCUT2D eigenvalue weighted by molar-refractivity contribution is 5.72. The molecule has 1 saturated heterocycles. The van der Waals surface area contributed by atoms with Crippen LogP contribution in [0.2, 0.25) is 0 Å². The molecule has 0 aromatic heterocycles. The maximum absolute atomic E-state index is 11.4. The molecule has 1 heterocycles. The summed E-state index contributed by atoms with van der Waals surface area (Å²) in [6.07, 6.45) is 4.33. The Bertz CT molecular complexity index is 215. The molecule has 1 aliphatic carbocycles. The molecule has 3 heteroatoms. The van der Waals surface area contributed by atoms with Crippen LogP contribution in [0.25, 0.3) is 0 Å². The van der Waals surface area contributed by atoms with E-state index in [1.807, 2.05) is 0 Å². The number of ether oxygens (including phenoxy) is 2. The molecule has 1 aliphatic heterocycles. The van der Waals surface area contributed by atoms with Crippen LogP contribution in [0.3, 0.4) is 0 Å². The quantitative estimate of drug-likeness (QED) is 0.600. The summed E-state index contributed by atoms with van der Waals surface area (Å²) in [5.74, 6) is 1.49. The molecule has 0 aromatic rings. The smallest absolute Gasteiger partial charge is 0.308 e. The molecule has 0 amide bonds. The minimum Gasteiger partial charge on any atom is -0.469 e. The molecular weight excluding hydrogens is 180 g/mol. The van der Waals surface area contributed by atoms with Crippen LogP contribution in [0, 0.1) is 17.8 Å². The monoisotopic (exact) mass is 198 g/mol. The van der Waals surface area contributed by atoms with Gasteiger partial charge in [-0.15, -0.1) is 0 Å². The second-order valence-corrected chi connectivity index (χ2v) is 4.42. The van der Waals surface area contributed by atoms with Crippen molar-refractivity contribution in [1.82, 2.24) is 0 Å². The fourth-order valence-electron chi connectivity index (χ4n) is 2.76. The van der Waals surface area contributed by atoms with Gasteiger partial charge in [-0.1, -0.05) is 0 Å². The van der Waals surface area contributed by atoms with E-state index in [0.29, 0.717) is 5.92 Å². The number of hydrogen-bond acceptors (Lipinski definition) is 3. The van der Waals surface area contributed by atoms with E-state index in [-0.39, 0.29) is 11.9 Å². The zero-order valence-electron chi connectivity index (χ0n) is 8.70. The number of methoxy groups -OCH3 is 1. The molecule has 14 heavy (non-hydrogen) atoms. The van der Waals surface area contributed by atoms with Gasteiger partial charge in [-0.05, 0) is 37.5 Å². The Hall–Kier alpha value is -0.570. The van der Waals surface area contributed by atoms with E-state index in [1.165, 1.54) is 20.0 Å². The molecule has 0 spiro atoms. The Kier molecular flexibility index (Phi) is 3.06. The van der Waals surface area contributed by atoms with Gasteiger partial charge in [0.25, 0.3) is 0 Å². The lowest BCUT2D eigenvalue weighted by molar-refractivity contribution is -0.148. The first kappa shape index (κ1) is 9.97. The number of hydrogen-bond donors (Lipinski definition) is 0. The summed E-state index contributed by atoms with van der Waals surface area (Å²) in [5, 5.41) is 0. The highest BCUT2D eigenvalue weighted by Gasteiger charge is 2.35. The lowest BCUT2D eigenvalue weighted by Gasteiger charge is -2.38. The fourth-order valence-corrected chi connectivity index (χ4v) is 2.76. The lowest BCUT2D eigenvalue weighted by Crippen LogP contribution is -2.35. The van der Waals surface area contributed by atoms with Crippen molar-refractivity contribution in [3.63, 3.8) is 0 Å². The summed E-state index contributed by atoms with van der Waals surface area (Å²) < 4.78 is 10.2. The van der Waals surface area contributed by atoms with Crippen molar-refractivity contribution in [2.75, 3.05) is 20.3 Å². The van der Waals surface area contributed by atoms with Gasteiger partial charge in [-0.2, -0.15) is 0 Å². The average Bonchev–Trinajstić information content (AvgIpc) is 2.27. The molecular formula is C11H18O3. The number of carbonyl (C=O) groups is 1. The topological polar surface area (TPSA) is 35.5 Å². The standard InChI is InChI=1S/C11H18O3/c1-13-11(12)9-3-2-8-4-5-14-7-10(8)6-9/h8-10H,2-7H2,1H3. The molecule has 3 unspecified atom stereocenters. The summed E-state index contributed by atoms with van der Waals surface area (Å²) >= 11 is 0. The van der Waals surface area contributed by atoms with Crippen LogP contribution in [-0.4, -0.2) is 26.3 Å². The van der Waals surface area contributed by atoms with Gasteiger partial charge in [0.2, 0.25) is 0 Å². The molecule has 2 aliphatic rings. The second-order valence-electron chi connectivity index (χ2n) is 4.42. The zero-order chi connectivity index (χ0) is 9.97. The molecule has 0 bridgehead atoms. The normalized spacial score (nSPS) is 37.4. The average molecular weight is 198 g/mol. The first-order valence-corrected chi connectivity index (χ1v) is 5.47. The van der Waals surface area contributed by atoms with Crippen molar-refractivity contribution in [1.29, 1.82) is 0 Å². The van der Waals surface area contributed by atoms with Gasteiger partial charge in [-0.25, -0.2) is 0 Å². The number of fused-ring (bicyclic) bond motifs is 1. The van der Waals surface area contributed by atoms with Crippen LogP contribution in [0.1, 0.15) is 25.7 Å². The minimum atomic E-state index is -0.0333. The van der Waals surface area contributed by atoms with E-state index in [1.54, 1.807) is 0 Å². The van der Waals surface area contributed by atoms with Gasteiger partial charge < -0.3 is 9.47 Å².